The quantitative estimate of drug-likeness (QED) is 0.588. The Kier molecular flexibility index (Phi) is 6.69. The molecule has 1 heteroatoms. The second-order valence-corrected chi connectivity index (χ2v) is 4.15. The third-order valence-electron chi connectivity index (χ3n) is 4.00. The molecule has 14 heavy (non-hydrogen) atoms. The van der Waals surface area contributed by atoms with Crippen LogP contribution in [0.1, 0.15) is 59.8 Å². The second kappa shape index (κ2) is 6.92. The molecule has 0 aromatic carbocycles. The second-order valence-electron chi connectivity index (χ2n) is 4.15. The maximum Gasteiger partial charge on any atom is 0.0751 e. The first kappa shape index (κ1) is 13.5. The molecule has 0 heterocycles. The standard InChI is InChI=1S/C13H26O/c1-5-12(10-9-11-14)13(6-2,7-3)8-4/h9,11-12,14H,5-8,10H2,1-4H3. The van der Waals surface area contributed by atoms with E-state index in [9.17, 15) is 0 Å². The fraction of sp³-hybridized carbons (Fsp3) is 0.846. The van der Waals surface area contributed by atoms with Gasteiger partial charge in [0.15, 0.2) is 0 Å². The summed E-state index contributed by atoms with van der Waals surface area (Å²) in [6, 6.07) is 0. The summed E-state index contributed by atoms with van der Waals surface area (Å²) in [6.07, 6.45) is 9.05. The fourth-order valence-electron chi connectivity index (χ4n) is 2.69. The third-order valence-corrected chi connectivity index (χ3v) is 4.00. The van der Waals surface area contributed by atoms with Crippen LogP contribution in [-0.4, -0.2) is 5.11 Å². The van der Waals surface area contributed by atoms with E-state index in [0.717, 1.165) is 6.42 Å². The molecule has 0 fully saturated rings. The Bertz CT molecular complexity index is 148. The molecule has 84 valence electrons. The van der Waals surface area contributed by atoms with Gasteiger partial charge in [-0.15, -0.1) is 0 Å². The number of hydrogen-bond acceptors (Lipinski definition) is 1. The molecule has 0 aromatic heterocycles. The molecular formula is C13H26O. The van der Waals surface area contributed by atoms with E-state index in [4.69, 9.17) is 5.11 Å². The molecule has 0 aliphatic heterocycles. The van der Waals surface area contributed by atoms with Gasteiger partial charge >= 0.3 is 0 Å². The molecule has 0 bridgehead atoms. The molecule has 0 saturated carbocycles. The van der Waals surface area contributed by atoms with Gasteiger partial charge in [-0.25, -0.2) is 0 Å². The number of aliphatic hydroxyl groups is 1. The zero-order valence-corrected chi connectivity index (χ0v) is 10.2. The van der Waals surface area contributed by atoms with Crippen molar-refractivity contribution >= 4 is 0 Å². The van der Waals surface area contributed by atoms with Crippen molar-refractivity contribution in [3.63, 3.8) is 0 Å². The number of aliphatic hydroxyl groups excluding tert-OH is 1. The van der Waals surface area contributed by atoms with Crippen LogP contribution in [0.3, 0.4) is 0 Å². The van der Waals surface area contributed by atoms with Gasteiger partial charge in [-0.2, -0.15) is 0 Å². The molecule has 1 N–H and O–H groups in total. The minimum Gasteiger partial charge on any atom is -0.516 e. The van der Waals surface area contributed by atoms with Crippen LogP contribution in [0.25, 0.3) is 0 Å². The average Bonchev–Trinajstić information content (AvgIpc) is 2.25. The molecular weight excluding hydrogens is 172 g/mol. The molecule has 0 spiro atoms. The number of hydrogen-bond donors (Lipinski definition) is 1. The van der Waals surface area contributed by atoms with Crippen LogP contribution < -0.4 is 0 Å². The smallest absolute Gasteiger partial charge is 0.0751 e. The van der Waals surface area contributed by atoms with Gasteiger partial charge in [-0.05, 0) is 23.8 Å². The van der Waals surface area contributed by atoms with E-state index in [1.165, 1.54) is 31.9 Å². The van der Waals surface area contributed by atoms with Gasteiger partial charge in [0.05, 0.1) is 6.26 Å². The van der Waals surface area contributed by atoms with Crippen LogP contribution in [0, 0.1) is 11.3 Å². The maximum atomic E-state index is 8.71. The molecule has 0 saturated heterocycles. The lowest BCUT2D eigenvalue weighted by Gasteiger charge is -2.38. The molecule has 0 amide bonds. The molecule has 0 radical (unpaired) electrons. The Morgan fingerprint density at radius 3 is 1.86 bits per heavy atom. The highest BCUT2D eigenvalue weighted by molar-refractivity contribution is 4.88. The highest BCUT2D eigenvalue weighted by atomic mass is 16.2. The van der Waals surface area contributed by atoms with Crippen molar-refractivity contribution in [2.75, 3.05) is 0 Å². The molecule has 0 aliphatic rings. The lowest BCUT2D eigenvalue weighted by atomic mass is 9.67. The van der Waals surface area contributed by atoms with E-state index in [2.05, 4.69) is 27.7 Å². The predicted molar refractivity (Wildman–Crippen MR) is 63.5 cm³/mol. The summed E-state index contributed by atoms with van der Waals surface area (Å²) in [5, 5.41) is 8.71. The zero-order valence-electron chi connectivity index (χ0n) is 10.2. The van der Waals surface area contributed by atoms with Crippen molar-refractivity contribution in [2.24, 2.45) is 11.3 Å². The van der Waals surface area contributed by atoms with Gasteiger partial charge in [-0.3, -0.25) is 0 Å². The molecule has 1 unspecified atom stereocenters. The SMILES string of the molecule is CCC(CC=CO)C(CC)(CC)CC. The van der Waals surface area contributed by atoms with Crippen LogP contribution in [0.5, 0.6) is 0 Å². The van der Waals surface area contributed by atoms with Crippen molar-refractivity contribution in [2.45, 2.75) is 59.8 Å². The predicted octanol–water partition coefficient (Wildman–Crippen LogP) is 4.69. The van der Waals surface area contributed by atoms with Gasteiger partial charge in [-0.1, -0.05) is 53.4 Å². The van der Waals surface area contributed by atoms with Crippen LogP contribution >= 0.6 is 0 Å². The Labute approximate surface area is 89.2 Å². The number of rotatable bonds is 7. The van der Waals surface area contributed by atoms with Gasteiger partial charge in [0.1, 0.15) is 0 Å². The van der Waals surface area contributed by atoms with E-state index < -0.39 is 0 Å². The molecule has 0 aromatic rings. The summed E-state index contributed by atoms with van der Waals surface area (Å²) in [7, 11) is 0. The van der Waals surface area contributed by atoms with Crippen molar-refractivity contribution in [3.05, 3.63) is 12.3 Å². The molecule has 0 aliphatic carbocycles. The lowest BCUT2D eigenvalue weighted by Crippen LogP contribution is -2.28. The number of allylic oxidation sites excluding steroid dienone is 1. The Morgan fingerprint density at radius 2 is 1.57 bits per heavy atom. The fourth-order valence-corrected chi connectivity index (χ4v) is 2.69. The first-order chi connectivity index (χ1) is 6.70. The van der Waals surface area contributed by atoms with Crippen LogP contribution in [-0.2, 0) is 0 Å². The van der Waals surface area contributed by atoms with E-state index in [1.54, 1.807) is 0 Å². The summed E-state index contributed by atoms with van der Waals surface area (Å²) in [5.74, 6) is 0.714. The Balaban J connectivity index is 4.56. The highest BCUT2D eigenvalue weighted by Gasteiger charge is 2.31. The largest absolute Gasteiger partial charge is 0.516 e. The van der Waals surface area contributed by atoms with Crippen LogP contribution in [0.15, 0.2) is 12.3 Å². The normalized spacial score (nSPS) is 14.9. The first-order valence-electron chi connectivity index (χ1n) is 5.99. The summed E-state index contributed by atoms with van der Waals surface area (Å²) in [6.45, 7) is 9.13. The zero-order chi connectivity index (χ0) is 11.0. The lowest BCUT2D eigenvalue weighted by molar-refractivity contribution is 0.131. The van der Waals surface area contributed by atoms with E-state index >= 15 is 0 Å². The van der Waals surface area contributed by atoms with Gasteiger partial charge in [0.2, 0.25) is 0 Å². The summed E-state index contributed by atoms with van der Waals surface area (Å²) in [5.41, 5.74) is 0.480. The van der Waals surface area contributed by atoms with Crippen molar-refractivity contribution in [1.82, 2.24) is 0 Å². The summed E-state index contributed by atoms with van der Waals surface area (Å²) >= 11 is 0. The minimum atomic E-state index is 0.480. The average molecular weight is 198 g/mol. The monoisotopic (exact) mass is 198 g/mol. The van der Waals surface area contributed by atoms with Crippen molar-refractivity contribution in [3.8, 4) is 0 Å². The Morgan fingerprint density at radius 1 is 1.07 bits per heavy atom. The van der Waals surface area contributed by atoms with E-state index in [1.807, 2.05) is 6.08 Å². The van der Waals surface area contributed by atoms with Gasteiger partial charge in [0, 0.05) is 0 Å². The molecule has 1 nitrogen and oxygen atoms in total. The van der Waals surface area contributed by atoms with Gasteiger partial charge < -0.3 is 5.11 Å². The topological polar surface area (TPSA) is 20.2 Å². The highest BCUT2D eigenvalue weighted by Crippen LogP contribution is 2.42. The van der Waals surface area contributed by atoms with Crippen LogP contribution in [0.2, 0.25) is 0 Å². The minimum absolute atomic E-state index is 0.480. The van der Waals surface area contributed by atoms with E-state index in [-0.39, 0.29) is 0 Å². The molecule has 1 atom stereocenters. The maximum absolute atomic E-state index is 8.71. The third kappa shape index (κ3) is 3.04. The van der Waals surface area contributed by atoms with Gasteiger partial charge in [0.25, 0.3) is 0 Å². The molecule has 0 rings (SSSR count). The first-order valence-corrected chi connectivity index (χ1v) is 5.99. The van der Waals surface area contributed by atoms with E-state index in [0.29, 0.717) is 11.3 Å². The van der Waals surface area contributed by atoms with Crippen molar-refractivity contribution < 1.29 is 5.11 Å². The summed E-state index contributed by atoms with van der Waals surface area (Å²) in [4.78, 5) is 0. The Hall–Kier alpha value is -0.460. The van der Waals surface area contributed by atoms with Crippen molar-refractivity contribution in [1.29, 1.82) is 0 Å². The van der Waals surface area contributed by atoms with Crippen LogP contribution in [0.4, 0.5) is 0 Å². The summed E-state index contributed by atoms with van der Waals surface area (Å²) < 4.78 is 0.